The van der Waals surface area contributed by atoms with Gasteiger partial charge < -0.3 is 0 Å². The van der Waals surface area contributed by atoms with Gasteiger partial charge in [0.2, 0.25) is 0 Å². The van der Waals surface area contributed by atoms with Crippen LogP contribution in [0.3, 0.4) is 0 Å². The lowest BCUT2D eigenvalue weighted by molar-refractivity contribution is -0.234. The zero-order chi connectivity index (χ0) is 9.07. The number of rotatable bonds is 2. The van der Waals surface area contributed by atoms with Crippen LogP contribution in [0.1, 0.15) is 34.6 Å². The standard InChI is InChI=1S/C9H18O2/c1-7(6-11-10)8(2)9(3,4)5/h10H,6H2,1-5H3/b8-7-. The van der Waals surface area contributed by atoms with E-state index in [2.05, 4.69) is 32.6 Å². The lowest BCUT2D eigenvalue weighted by atomic mass is 9.85. The van der Waals surface area contributed by atoms with Gasteiger partial charge in [0, 0.05) is 0 Å². The first-order valence-corrected chi connectivity index (χ1v) is 3.82. The molecule has 2 nitrogen and oxygen atoms in total. The predicted octanol–water partition coefficient (Wildman–Crippen LogP) is 2.86. The zero-order valence-corrected chi connectivity index (χ0v) is 8.06. The first kappa shape index (κ1) is 10.7. The number of hydrogen-bond donors (Lipinski definition) is 1. The van der Waals surface area contributed by atoms with Gasteiger partial charge in [-0.05, 0) is 24.8 Å². The van der Waals surface area contributed by atoms with Crippen molar-refractivity contribution >= 4 is 0 Å². The van der Waals surface area contributed by atoms with Crippen molar-refractivity contribution in [2.24, 2.45) is 5.41 Å². The summed E-state index contributed by atoms with van der Waals surface area (Å²) < 4.78 is 0. The van der Waals surface area contributed by atoms with Gasteiger partial charge in [-0.1, -0.05) is 26.3 Å². The van der Waals surface area contributed by atoms with Crippen molar-refractivity contribution in [3.05, 3.63) is 11.1 Å². The summed E-state index contributed by atoms with van der Waals surface area (Å²) in [7, 11) is 0. The van der Waals surface area contributed by atoms with E-state index in [4.69, 9.17) is 5.26 Å². The van der Waals surface area contributed by atoms with Crippen molar-refractivity contribution in [2.45, 2.75) is 34.6 Å². The SMILES string of the molecule is C/C(COO)=C(\C)C(C)(C)C. The molecule has 0 aromatic heterocycles. The summed E-state index contributed by atoms with van der Waals surface area (Å²) in [4.78, 5) is 4.06. The Morgan fingerprint density at radius 2 is 1.73 bits per heavy atom. The van der Waals surface area contributed by atoms with Gasteiger partial charge in [-0.25, -0.2) is 4.89 Å². The maximum atomic E-state index is 8.22. The molecule has 0 saturated heterocycles. The molecule has 0 aliphatic heterocycles. The van der Waals surface area contributed by atoms with Crippen LogP contribution >= 0.6 is 0 Å². The quantitative estimate of drug-likeness (QED) is 0.380. The molecule has 0 bridgehead atoms. The summed E-state index contributed by atoms with van der Waals surface area (Å²) in [6.45, 7) is 10.8. The molecule has 0 aliphatic carbocycles. The second-order valence-corrected chi connectivity index (χ2v) is 3.93. The third-order valence-electron chi connectivity index (χ3n) is 2.05. The largest absolute Gasteiger partial charge is 0.251 e. The number of allylic oxidation sites excluding steroid dienone is 1. The highest BCUT2D eigenvalue weighted by Gasteiger charge is 2.14. The highest BCUT2D eigenvalue weighted by Crippen LogP contribution is 2.27. The van der Waals surface area contributed by atoms with Crippen LogP contribution in [0.15, 0.2) is 11.1 Å². The summed E-state index contributed by atoms with van der Waals surface area (Å²) in [5.74, 6) is 0. The van der Waals surface area contributed by atoms with Crippen LogP contribution in [-0.4, -0.2) is 11.9 Å². The van der Waals surface area contributed by atoms with Gasteiger partial charge in [-0.2, -0.15) is 0 Å². The molecule has 0 unspecified atom stereocenters. The van der Waals surface area contributed by atoms with Gasteiger partial charge in [0.1, 0.15) is 6.61 Å². The van der Waals surface area contributed by atoms with E-state index in [1.807, 2.05) is 6.92 Å². The van der Waals surface area contributed by atoms with E-state index in [-0.39, 0.29) is 5.41 Å². The van der Waals surface area contributed by atoms with Gasteiger partial charge in [0.25, 0.3) is 0 Å². The second kappa shape index (κ2) is 3.88. The third-order valence-corrected chi connectivity index (χ3v) is 2.05. The Balaban J connectivity index is 4.39. The Labute approximate surface area is 68.8 Å². The van der Waals surface area contributed by atoms with E-state index in [0.717, 1.165) is 5.57 Å². The lowest BCUT2D eigenvalue weighted by Gasteiger charge is -2.21. The van der Waals surface area contributed by atoms with Crippen molar-refractivity contribution in [2.75, 3.05) is 6.61 Å². The van der Waals surface area contributed by atoms with E-state index in [9.17, 15) is 0 Å². The monoisotopic (exact) mass is 158 g/mol. The van der Waals surface area contributed by atoms with Crippen molar-refractivity contribution in [1.82, 2.24) is 0 Å². The summed E-state index contributed by atoms with van der Waals surface area (Å²) in [6, 6.07) is 0. The molecular weight excluding hydrogens is 140 g/mol. The minimum absolute atomic E-state index is 0.169. The summed E-state index contributed by atoms with van der Waals surface area (Å²) >= 11 is 0. The minimum Gasteiger partial charge on any atom is -0.251 e. The molecule has 0 spiro atoms. The average molecular weight is 158 g/mol. The van der Waals surface area contributed by atoms with Crippen molar-refractivity contribution in [3.63, 3.8) is 0 Å². The second-order valence-electron chi connectivity index (χ2n) is 3.93. The van der Waals surface area contributed by atoms with Crippen LogP contribution in [-0.2, 0) is 4.89 Å². The molecule has 0 atom stereocenters. The Kier molecular flexibility index (Phi) is 3.76. The maximum Gasteiger partial charge on any atom is 0.103 e. The Hall–Kier alpha value is -0.340. The normalized spacial score (nSPS) is 14.7. The lowest BCUT2D eigenvalue weighted by Crippen LogP contribution is -2.10. The maximum absolute atomic E-state index is 8.22. The first-order chi connectivity index (χ1) is 4.89. The molecule has 0 amide bonds. The van der Waals surface area contributed by atoms with Crippen LogP contribution in [0.4, 0.5) is 0 Å². The van der Waals surface area contributed by atoms with Crippen molar-refractivity contribution < 1.29 is 10.1 Å². The molecule has 1 N–H and O–H groups in total. The van der Waals surface area contributed by atoms with Gasteiger partial charge >= 0.3 is 0 Å². The average Bonchev–Trinajstić information content (AvgIpc) is 1.85. The van der Waals surface area contributed by atoms with Crippen LogP contribution < -0.4 is 0 Å². The molecule has 0 radical (unpaired) electrons. The van der Waals surface area contributed by atoms with E-state index >= 15 is 0 Å². The molecule has 0 heterocycles. The van der Waals surface area contributed by atoms with Crippen molar-refractivity contribution in [1.29, 1.82) is 0 Å². The van der Waals surface area contributed by atoms with E-state index in [1.165, 1.54) is 5.57 Å². The zero-order valence-electron chi connectivity index (χ0n) is 8.06. The molecule has 0 aromatic carbocycles. The molecule has 0 saturated carbocycles. The van der Waals surface area contributed by atoms with Crippen molar-refractivity contribution in [3.8, 4) is 0 Å². The smallest absolute Gasteiger partial charge is 0.103 e. The molecule has 11 heavy (non-hydrogen) atoms. The molecule has 0 aromatic rings. The van der Waals surface area contributed by atoms with Crippen LogP contribution in [0.5, 0.6) is 0 Å². The molecule has 66 valence electrons. The predicted molar refractivity (Wildman–Crippen MR) is 46.4 cm³/mol. The summed E-state index contributed by atoms with van der Waals surface area (Å²) in [5.41, 5.74) is 2.54. The van der Waals surface area contributed by atoms with E-state index in [0.29, 0.717) is 6.61 Å². The fourth-order valence-electron chi connectivity index (χ4n) is 0.845. The van der Waals surface area contributed by atoms with Crippen LogP contribution in [0.25, 0.3) is 0 Å². The number of hydrogen-bond acceptors (Lipinski definition) is 2. The Morgan fingerprint density at radius 3 is 2.00 bits per heavy atom. The van der Waals surface area contributed by atoms with E-state index in [1.54, 1.807) is 0 Å². The molecular formula is C9H18O2. The minimum atomic E-state index is 0.169. The molecule has 0 rings (SSSR count). The summed E-state index contributed by atoms with van der Waals surface area (Å²) in [5, 5.41) is 8.22. The summed E-state index contributed by atoms with van der Waals surface area (Å²) in [6.07, 6.45) is 0. The Morgan fingerprint density at radius 1 is 1.27 bits per heavy atom. The van der Waals surface area contributed by atoms with Gasteiger partial charge in [-0.3, -0.25) is 5.26 Å². The van der Waals surface area contributed by atoms with Gasteiger partial charge in [0.05, 0.1) is 0 Å². The highest BCUT2D eigenvalue weighted by molar-refractivity contribution is 5.16. The topological polar surface area (TPSA) is 29.5 Å². The fraction of sp³-hybridized carbons (Fsp3) is 0.778. The van der Waals surface area contributed by atoms with E-state index < -0.39 is 0 Å². The third kappa shape index (κ3) is 3.54. The highest BCUT2D eigenvalue weighted by atomic mass is 17.1. The Bertz CT molecular complexity index is 151. The van der Waals surface area contributed by atoms with Gasteiger partial charge in [-0.15, -0.1) is 0 Å². The van der Waals surface area contributed by atoms with Crippen LogP contribution in [0.2, 0.25) is 0 Å². The fourth-order valence-corrected chi connectivity index (χ4v) is 0.845. The first-order valence-electron chi connectivity index (χ1n) is 3.82. The molecule has 2 heteroatoms. The van der Waals surface area contributed by atoms with Crippen LogP contribution in [0, 0.1) is 5.41 Å². The molecule has 0 aliphatic rings. The molecule has 0 fully saturated rings. The van der Waals surface area contributed by atoms with Gasteiger partial charge in [0.15, 0.2) is 0 Å².